The average molecular weight is 488 g/mol. The highest BCUT2D eigenvalue weighted by molar-refractivity contribution is 6.13. The number of ether oxygens (including phenoxy) is 1. The fourth-order valence-electron chi connectivity index (χ4n) is 3.61. The molecule has 0 aliphatic rings. The molecule has 3 rings (SSSR count). The molecule has 3 aromatic rings. The lowest BCUT2D eigenvalue weighted by atomic mass is 9.86. The summed E-state index contributed by atoms with van der Waals surface area (Å²) in [6.07, 6.45) is 0.331. The van der Waals surface area contributed by atoms with E-state index in [0.717, 1.165) is 5.56 Å². The van der Waals surface area contributed by atoms with Crippen molar-refractivity contribution in [2.45, 2.75) is 39.5 Å². The van der Waals surface area contributed by atoms with Crippen molar-refractivity contribution < 1.29 is 19.1 Å². The molecule has 2 N–H and O–H groups in total. The molecule has 0 saturated heterocycles. The van der Waals surface area contributed by atoms with E-state index >= 15 is 0 Å². The van der Waals surface area contributed by atoms with Crippen molar-refractivity contribution >= 4 is 34.8 Å². The van der Waals surface area contributed by atoms with E-state index in [-0.39, 0.29) is 22.8 Å². The lowest BCUT2D eigenvalue weighted by molar-refractivity contribution is -0.118. The minimum absolute atomic E-state index is 0.0353. The molecule has 0 bridgehead atoms. The van der Waals surface area contributed by atoms with Crippen LogP contribution in [0.4, 0.5) is 17.1 Å². The molecule has 3 amide bonds. The van der Waals surface area contributed by atoms with E-state index in [1.165, 1.54) is 4.90 Å². The third kappa shape index (κ3) is 6.30. The Hall–Kier alpha value is -4.13. The van der Waals surface area contributed by atoms with Crippen molar-refractivity contribution in [1.82, 2.24) is 0 Å². The Morgan fingerprint density at radius 1 is 0.861 bits per heavy atom. The molecule has 7 heteroatoms. The third-order valence-corrected chi connectivity index (χ3v) is 5.92. The van der Waals surface area contributed by atoms with Crippen LogP contribution >= 0.6 is 0 Å². The Morgan fingerprint density at radius 2 is 1.50 bits per heavy atom. The van der Waals surface area contributed by atoms with Crippen LogP contribution in [0, 0.1) is 0 Å². The molecular formula is C29H33N3O4. The highest BCUT2D eigenvalue weighted by Crippen LogP contribution is 2.27. The summed E-state index contributed by atoms with van der Waals surface area (Å²) in [5.74, 6) is -0.156. The van der Waals surface area contributed by atoms with Gasteiger partial charge in [0.1, 0.15) is 5.75 Å². The number of nitrogens with zero attached hydrogens (tertiary/aromatic N) is 1. The first-order valence-corrected chi connectivity index (χ1v) is 11.8. The molecular weight excluding hydrogens is 454 g/mol. The van der Waals surface area contributed by atoms with Crippen molar-refractivity contribution in [1.29, 1.82) is 0 Å². The van der Waals surface area contributed by atoms with E-state index in [9.17, 15) is 14.4 Å². The van der Waals surface area contributed by atoms with Gasteiger partial charge in [0, 0.05) is 30.4 Å². The van der Waals surface area contributed by atoms with Crippen LogP contribution in [0.15, 0.2) is 66.7 Å². The van der Waals surface area contributed by atoms with Gasteiger partial charge in [-0.15, -0.1) is 0 Å². The normalized spacial score (nSPS) is 10.9. The molecule has 0 unspecified atom stereocenters. The fourth-order valence-corrected chi connectivity index (χ4v) is 3.61. The Bertz CT molecular complexity index is 1240. The minimum atomic E-state index is -0.394. The first kappa shape index (κ1) is 26.5. The van der Waals surface area contributed by atoms with E-state index in [2.05, 4.69) is 31.4 Å². The van der Waals surface area contributed by atoms with Crippen molar-refractivity contribution in [2.75, 3.05) is 29.7 Å². The quantitative estimate of drug-likeness (QED) is 0.436. The van der Waals surface area contributed by atoms with Crippen molar-refractivity contribution in [3.8, 4) is 5.75 Å². The standard InChI is InChI=1S/C29H33N3O4/c1-7-26(33)32(5)22-14-17-24(28(35)30-21-12-15-23(36-6)16-13-21)25(18-22)31-27(34)19-8-10-20(11-9-19)29(2,3)4/h8-18H,7H2,1-6H3,(H,30,35)(H,31,34). The second-order valence-electron chi connectivity index (χ2n) is 9.50. The lowest BCUT2D eigenvalue weighted by Crippen LogP contribution is -2.26. The molecule has 0 aliphatic heterocycles. The maximum atomic E-state index is 13.2. The number of benzene rings is 3. The van der Waals surface area contributed by atoms with Crippen LogP contribution in [-0.2, 0) is 10.2 Å². The largest absolute Gasteiger partial charge is 0.497 e. The molecule has 0 saturated carbocycles. The lowest BCUT2D eigenvalue weighted by Gasteiger charge is -2.20. The first-order chi connectivity index (χ1) is 17.0. The minimum Gasteiger partial charge on any atom is -0.497 e. The van der Waals surface area contributed by atoms with E-state index in [0.29, 0.717) is 34.8 Å². The number of carbonyl (C=O) groups excluding carboxylic acids is 3. The number of hydrogen-bond donors (Lipinski definition) is 2. The summed E-state index contributed by atoms with van der Waals surface area (Å²) in [5.41, 5.74) is 3.27. The van der Waals surface area contributed by atoms with Gasteiger partial charge in [0.25, 0.3) is 11.8 Å². The topological polar surface area (TPSA) is 87.7 Å². The maximum Gasteiger partial charge on any atom is 0.257 e. The molecule has 0 spiro atoms. The summed E-state index contributed by atoms with van der Waals surface area (Å²) in [6.45, 7) is 8.10. The highest BCUT2D eigenvalue weighted by Gasteiger charge is 2.19. The number of methoxy groups -OCH3 is 1. The van der Waals surface area contributed by atoms with Gasteiger partial charge < -0.3 is 20.3 Å². The van der Waals surface area contributed by atoms with Gasteiger partial charge in [-0.1, -0.05) is 39.8 Å². The molecule has 188 valence electrons. The smallest absolute Gasteiger partial charge is 0.257 e. The summed E-state index contributed by atoms with van der Waals surface area (Å²) in [7, 11) is 3.23. The highest BCUT2D eigenvalue weighted by atomic mass is 16.5. The number of amides is 3. The van der Waals surface area contributed by atoms with Crippen molar-refractivity contribution in [2.24, 2.45) is 0 Å². The molecule has 0 heterocycles. The summed E-state index contributed by atoms with van der Waals surface area (Å²) in [6, 6.07) is 19.3. The van der Waals surface area contributed by atoms with Crippen LogP contribution in [0.5, 0.6) is 5.75 Å². The van der Waals surface area contributed by atoms with E-state index in [4.69, 9.17) is 4.74 Å². The first-order valence-electron chi connectivity index (χ1n) is 11.8. The summed E-state index contributed by atoms with van der Waals surface area (Å²) < 4.78 is 5.16. The van der Waals surface area contributed by atoms with Crippen LogP contribution in [0.3, 0.4) is 0 Å². The van der Waals surface area contributed by atoms with Gasteiger partial charge in [-0.05, 0) is 65.6 Å². The van der Waals surface area contributed by atoms with Gasteiger partial charge in [-0.2, -0.15) is 0 Å². The molecule has 7 nitrogen and oxygen atoms in total. The number of hydrogen-bond acceptors (Lipinski definition) is 4. The number of anilines is 3. The second-order valence-corrected chi connectivity index (χ2v) is 9.50. The van der Waals surface area contributed by atoms with Gasteiger partial charge >= 0.3 is 0 Å². The Labute approximate surface area is 212 Å². The third-order valence-electron chi connectivity index (χ3n) is 5.92. The SMILES string of the molecule is CCC(=O)N(C)c1ccc(C(=O)Nc2ccc(OC)cc2)c(NC(=O)c2ccc(C(C)(C)C)cc2)c1. The molecule has 0 radical (unpaired) electrons. The zero-order valence-electron chi connectivity index (χ0n) is 21.6. The van der Waals surface area contributed by atoms with Gasteiger partial charge in [0.2, 0.25) is 5.91 Å². The van der Waals surface area contributed by atoms with Crippen LogP contribution in [0.2, 0.25) is 0 Å². The molecule has 0 aliphatic carbocycles. The second kappa shape index (κ2) is 11.1. The predicted molar refractivity (Wildman–Crippen MR) is 144 cm³/mol. The predicted octanol–water partition coefficient (Wildman–Crippen LogP) is 5.87. The summed E-state index contributed by atoms with van der Waals surface area (Å²) >= 11 is 0. The monoisotopic (exact) mass is 487 g/mol. The van der Waals surface area contributed by atoms with Gasteiger partial charge in [-0.25, -0.2) is 0 Å². The average Bonchev–Trinajstić information content (AvgIpc) is 2.87. The summed E-state index contributed by atoms with van der Waals surface area (Å²) in [5, 5.41) is 5.71. The number of carbonyl (C=O) groups is 3. The molecule has 0 aromatic heterocycles. The summed E-state index contributed by atoms with van der Waals surface area (Å²) in [4.78, 5) is 40.0. The van der Waals surface area contributed by atoms with E-state index in [1.807, 2.05) is 12.1 Å². The van der Waals surface area contributed by atoms with Crippen molar-refractivity contribution in [3.63, 3.8) is 0 Å². The molecule has 3 aromatic carbocycles. The Balaban J connectivity index is 1.92. The molecule has 36 heavy (non-hydrogen) atoms. The fraction of sp³-hybridized carbons (Fsp3) is 0.276. The zero-order chi connectivity index (χ0) is 26.5. The van der Waals surface area contributed by atoms with Gasteiger partial charge in [-0.3, -0.25) is 14.4 Å². The Kier molecular flexibility index (Phi) is 8.14. The van der Waals surface area contributed by atoms with Gasteiger partial charge in [0.15, 0.2) is 0 Å². The van der Waals surface area contributed by atoms with Crippen LogP contribution in [0.1, 0.15) is 60.4 Å². The Morgan fingerprint density at radius 3 is 2.06 bits per heavy atom. The van der Waals surface area contributed by atoms with E-state index in [1.54, 1.807) is 75.7 Å². The maximum absolute atomic E-state index is 13.2. The zero-order valence-corrected chi connectivity index (χ0v) is 21.6. The number of nitrogens with one attached hydrogen (secondary N) is 2. The van der Waals surface area contributed by atoms with Crippen LogP contribution < -0.4 is 20.3 Å². The van der Waals surface area contributed by atoms with Crippen molar-refractivity contribution in [3.05, 3.63) is 83.4 Å². The van der Waals surface area contributed by atoms with Crippen LogP contribution in [0.25, 0.3) is 0 Å². The molecule has 0 atom stereocenters. The molecule has 0 fully saturated rings. The van der Waals surface area contributed by atoms with E-state index < -0.39 is 5.91 Å². The van der Waals surface area contributed by atoms with Crippen LogP contribution in [-0.4, -0.2) is 31.9 Å². The number of rotatable bonds is 7. The van der Waals surface area contributed by atoms with Gasteiger partial charge in [0.05, 0.1) is 18.4 Å².